The van der Waals surface area contributed by atoms with Gasteiger partial charge < -0.3 is 21.6 Å². The van der Waals surface area contributed by atoms with Crippen LogP contribution in [-0.2, 0) is 4.79 Å². The van der Waals surface area contributed by atoms with Crippen LogP contribution in [0, 0.1) is 0 Å². The fourth-order valence-corrected chi connectivity index (χ4v) is 0. The Morgan fingerprint density at radius 3 is 1.44 bits per heavy atom. The summed E-state index contributed by atoms with van der Waals surface area (Å²) in [7, 11) is -2.17. The third-order valence-corrected chi connectivity index (χ3v) is 0. The van der Waals surface area contributed by atoms with Gasteiger partial charge in [-0.3, -0.25) is 4.79 Å². The molecule has 7 heteroatoms. The molecule has 0 rings (SSSR count). The van der Waals surface area contributed by atoms with E-state index >= 15 is 0 Å². The Morgan fingerprint density at radius 2 is 1.44 bits per heavy atom. The third kappa shape index (κ3) is 2010. The van der Waals surface area contributed by atoms with E-state index in [0.717, 1.165) is 6.92 Å². The molecular formula is C2H8BNaO5. The normalized spacial score (nSPS) is 5.78. The van der Waals surface area contributed by atoms with E-state index < -0.39 is 13.3 Å². The molecule has 9 heavy (non-hydrogen) atoms. The van der Waals surface area contributed by atoms with Gasteiger partial charge in [0.15, 0.2) is 0 Å². The van der Waals surface area contributed by atoms with E-state index in [-0.39, 0.29) is 31.0 Å². The second-order valence-electron chi connectivity index (χ2n) is 0.865. The number of carboxylic acid groups (broad SMARTS) is 1. The first-order valence-electron chi connectivity index (χ1n) is 1.70. The van der Waals surface area contributed by atoms with Crippen molar-refractivity contribution in [3.8, 4) is 0 Å². The van der Waals surface area contributed by atoms with Crippen LogP contribution in [0.2, 0.25) is 0 Å². The van der Waals surface area contributed by atoms with E-state index in [4.69, 9.17) is 25.0 Å². The van der Waals surface area contributed by atoms with Gasteiger partial charge >= 0.3 is 36.9 Å². The van der Waals surface area contributed by atoms with Gasteiger partial charge in [-0.25, -0.2) is 0 Å². The van der Waals surface area contributed by atoms with Gasteiger partial charge in [0, 0.05) is 6.92 Å². The molecule has 0 unspecified atom stereocenters. The van der Waals surface area contributed by atoms with Crippen molar-refractivity contribution < 1.29 is 56.0 Å². The second kappa shape index (κ2) is 11.2. The Labute approximate surface area is 76.3 Å². The van der Waals surface area contributed by atoms with Gasteiger partial charge in [0.05, 0.1) is 0 Å². The van der Waals surface area contributed by atoms with Crippen molar-refractivity contribution in [2.45, 2.75) is 6.92 Å². The van der Waals surface area contributed by atoms with E-state index in [1.807, 2.05) is 0 Å². The van der Waals surface area contributed by atoms with Crippen molar-refractivity contribution >= 4 is 13.3 Å². The van der Waals surface area contributed by atoms with Crippen molar-refractivity contribution in [3.63, 3.8) is 0 Å². The van der Waals surface area contributed by atoms with Gasteiger partial charge in [-0.05, 0) is 0 Å². The van der Waals surface area contributed by atoms with Crippen LogP contribution in [0.4, 0.5) is 0 Å². The van der Waals surface area contributed by atoms with Gasteiger partial charge in [0.1, 0.15) is 0 Å². The van der Waals surface area contributed by atoms with Crippen LogP contribution in [0.1, 0.15) is 8.35 Å². The summed E-state index contributed by atoms with van der Waals surface area (Å²) < 4.78 is 0. The topological polar surface area (TPSA) is 98.0 Å². The Balaban J connectivity index is -0.0000000300. The molecule has 0 amide bonds. The summed E-state index contributed by atoms with van der Waals surface area (Å²) >= 11 is 0. The first kappa shape index (κ1) is 16.2. The van der Waals surface area contributed by atoms with Crippen molar-refractivity contribution in [1.29, 1.82) is 0 Å². The zero-order valence-electron chi connectivity index (χ0n) is 6.27. The Kier molecular flexibility index (Phi) is 20.2. The van der Waals surface area contributed by atoms with E-state index in [9.17, 15) is 0 Å². The number of carboxylic acids is 1. The molecule has 0 saturated carbocycles. The molecule has 0 aromatic heterocycles. The number of carbonyl (C=O) groups is 1. The van der Waals surface area contributed by atoms with Gasteiger partial charge in [-0.2, -0.15) is 0 Å². The Morgan fingerprint density at radius 1 is 1.44 bits per heavy atom. The molecule has 4 N–H and O–H groups in total. The van der Waals surface area contributed by atoms with Gasteiger partial charge in [-0.1, -0.05) is 0 Å². The van der Waals surface area contributed by atoms with Crippen LogP contribution in [0.25, 0.3) is 0 Å². The molecule has 0 aliphatic heterocycles. The van der Waals surface area contributed by atoms with Crippen LogP contribution in [0.5, 0.6) is 0 Å². The molecule has 50 valence electrons. The van der Waals surface area contributed by atoms with Crippen LogP contribution in [-0.4, -0.2) is 33.5 Å². The van der Waals surface area contributed by atoms with Gasteiger partial charge in [0.2, 0.25) is 0 Å². The minimum Gasteiger partial charge on any atom is -1.00 e. The molecule has 0 aliphatic rings. The monoisotopic (exact) mass is 146 g/mol. The van der Waals surface area contributed by atoms with Gasteiger partial charge in [-0.15, -0.1) is 0 Å². The van der Waals surface area contributed by atoms with E-state index in [2.05, 4.69) is 0 Å². The molecular weight excluding hydrogens is 138 g/mol. The van der Waals surface area contributed by atoms with E-state index in [1.165, 1.54) is 0 Å². The summed E-state index contributed by atoms with van der Waals surface area (Å²) in [5, 5.41) is 28.9. The van der Waals surface area contributed by atoms with Crippen molar-refractivity contribution in [2.75, 3.05) is 0 Å². The summed E-state index contributed by atoms with van der Waals surface area (Å²) in [4.78, 5) is 9.00. The number of rotatable bonds is 0. The molecule has 0 heterocycles. The quantitative estimate of drug-likeness (QED) is 0.257. The molecule has 5 nitrogen and oxygen atoms in total. The molecule has 0 atom stereocenters. The average molecular weight is 146 g/mol. The first-order chi connectivity index (χ1) is 3.46. The van der Waals surface area contributed by atoms with Crippen LogP contribution >= 0.6 is 0 Å². The SMILES string of the molecule is CC(=O)O.OB(O)O.[H-].[Na+]. The van der Waals surface area contributed by atoms with Crippen molar-refractivity contribution in [1.82, 2.24) is 0 Å². The standard InChI is InChI=1S/C2H4O2.BH3O3.Na.H/c1-2(3)4;2-1(3)4;;/h1H3,(H,3,4);2-4H;;/q;;+1;-1. The molecule has 0 bridgehead atoms. The molecule has 0 aromatic rings. The fourth-order valence-electron chi connectivity index (χ4n) is 0. The summed E-state index contributed by atoms with van der Waals surface area (Å²) in [6.45, 7) is 1.08. The Bertz CT molecular complexity index is 63.9. The van der Waals surface area contributed by atoms with Crippen LogP contribution in [0.3, 0.4) is 0 Å². The number of hydrogen-bond donors (Lipinski definition) is 4. The molecule has 0 radical (unpaired) electrons. The van der Waals surface area contributed by atoms with Crippen LogP contribution in [0.15, 0.2) is 0 Å². The maximum Gasteiger partial charge on any atom is 1.00 e. The summed E-state index contributed by atoms with van der Waals surface area (Å²) in [6, 6.07) is 0. The average Bonchev–Trinajstić information content (AvgIpc) is 1.25. The predicted octanol–water partition coefficient (Wildman–Crippen LogP) is -4.84. The summed E-state index contributed by atoms with van der Waals surface area (Å²) in [5.41, 5.74) is 0. The zero-order valence-corrected chi connectivity index (χ0v) is 7.27. The summed E-state index contributed by atoms with van der Waals surface area (Å²) in [6.07, 6.45) is 0. The van der Waals surface area contributed by atoms with Crippen molar-refractivity contribution in [2.24, 2.45) is 0 Å². The smallest absolute Gasteiger partial charge is 1.00 e. The fraction of sp³-hybridized carbons (Fsp3) is 0.500. The van der Waals surface area contributed by atoms with Crippen molar-refractivity contribution in [3.05, 3.63) is 0 Å². The maximum absolute atomic E-state index is 9.00. The minimum absolute atomic E-state index is 0. The zero-order chi connectivity index (χ0) is 7.15. The third-order valence-electron chi connectivity index (χ3n) is 0. The largest absolute Gasteiger partial charge is 1.00 e. The molecule has 0 aromatic carbocycles. The second-order valence-corrected chi connectivity index (χ2v) is 0.865. The minimum atomic E-state index is -2.17. The molecule has 0 spiro atoms. The van der Waals surface area contributed by atoms with E-state index in [0.29, 0.717) is 0 Å². The first-order valence-corrected chi connectivity index (χ1v) is 1.70. The predicted molar refractivity (Wildman–Crippen MR) is 26.8 cm³/mol. The molecule has 0 fully saturated rings. The summed E-state index contributed by atoms with van der Waals surface area (Å²) in [5.74, 6) is -0.833. The Hall–Kier alpha value is 0.415. The molecule has 0 aliphatic carbocycles. The van der Waals surface area contributed by atoms with E-state index in [1.54, 1.807) is 0 Å². The maximum atomic E-state index is 9.00. The molecule has 0 saturated heterocycles. The van der Waals surface area contributed by atoms with Crippen LogP contribution < -0.4 is 29.6 Å². The van der Waals surface area contributed by atoms with Gasteiger partial charge in [0.25, 0.3) is 5.97 Å². The number of hydrogen-bond acceptors (Lipinski definition) is 4. The number of aliphatic carboxylic acids is 1.